The highest BCUT2D eigenvalue weighted by atomic mass is 19.1. The van der Waals surface area contributed by atoms with Gasteiger partial charge in [0.2, 0.25) is 0 Å². The quantitative estimate of drug-likeness (QED) is 0.791. The third-order valence-electron chi connectivity index (χ3n) is 3.04. The average molecular weight is 268 g/mol. The van der Waals surface area contributed by atoms with Gasteiger partial charge < -0.3 is 9.64 Å². The highest BCUT2D eigenvalue weighted by Crippen LogP contribution is 2.24. The molecule has 0 spiro atoms. The van der Waals surface area contributed by atoms with Gasteiger partial charge in [-0.1, -0.05) is 18.2 Å². The highest BCUT2D eigenvalue weighted by molar-refractivity contribution is 5.82. The first-order chi connectivity index (χ1) is 8.91. The van der Waals surface area contributed by atoms with Gasteiger partial charge in [0.05, 0.1) is 7.11 Å². The van der Waals surface area contributed by atoms with Gasteiger partial charge >= 0.3 is 5.97 Å². The van der Waals surface area contributed by atoms with E-state index in [4.69, 9.17) is 4.74 Å². The molecule has 0 aromatic heterocycles. The average Bonchev–Trinajstić information content (AvgIpc) is 2.37. The van der Waals surface area contributed by atoms with Gasteiger partial charge in [-0.3, -0.25) is 5.32 Å². The fraction of sp³-hybridized carbons (Fsp3) is 0.500. The molecule has 0 aliphatic rings. The van der Waals surface area contributed by atoms with Crippen molar-refractivity contribution in [3.63, 3.8) is 0 Å². The van der Waals surface area contributed by atoms with Crippen molar-refractivity contribution >= 4 is 5.97 Å². The second kappa shape index (κ2) is 6.63. The number of halogens is 1. The molecule has 0 saturated heterocycles. The summed E-state index contributed by atoms with van der Waals surface area (Å²) in [5, 5.41) is 3.08. The van der Waals surface area contributed by atoms with Gasteiger partial charge in [0.15, 0.2) is 0 Å². The third-order valence-corrected chi connectivity index (χ3v) is 3.04. The van der Waals surface area contributed by atoms with Crippen LogP contribution in [0.1, 0.15) is 12.5 Å². The van der Waals surface area contributed by atoms with Crippen LogP contribution in [0, 0.1) is 5.82 Å². The lowest BCUT2D eigenvalue weighted by Crippen LogP contribution is -2.49. The summed E-state index contributed by atoms with van der Waals surface area (Å²) in [5.74, 6) is -0.927. The summed E-state index contributed by atoms with van der Waals surface area (Å²) in [7, 11) is 5.16. The van der Waals surface area contributed by atoms with Crippen LogP contribution >= 0.6 is 0 Å². The molecule has 1 N–H and O–H groups in total. The maximum absolute atomic E-state index is 13.9. The molecule has 0 amide bonds. The number of rotatable bonds is 6. The molecule has 0 bridgehead atoms. The molecule has 1 atom stereocenters. The van der Waals surface area contributed by atoms with Crippen molar-refractivity contribution < 1.29 is 13.9 Å². The molecular weight excluding hydrogens is 247 g/mol. The monoisotopic (exact) mass is 268 g/mol. The Labute approximate surface area is 113 Å². The predicted molar refractivity (Wildman–Crippen MR) is 72.3 cm³/mol. The molecule has 0 aliphatic heterocycles. The number of nitrogens with zero attached hydrogens (tertiary/aromatic N) is 1. The van der Waals surface area contributed by atoms with Crippen molar-refractivity contribution in [1.82, 2.24) is 10.2 Å². The van der Waals surface area contributed by atoms with E-state index in [1.54, 1.807) is 25.1 Å². The minimum absolute atomic E-state index is 0.292. The molecule has 4 nitrogen and oxygen atoms in total. The molecule has 0 saturated carbocycles. The van der Waals surface area contributed by atoms with Crippen LogP contribution < -0.4 is 5.32 Å². The van der Waals surface area contributed by atoms with E-state index in [1.165, 1.54) is 13.2 Å². The van der Waals surface area contributed by atoms with E-state index in [9.17, 15) is 9.18 Å². The number of carbonyl (C=O) groups excluding carboxylic acids is 1. The lowest BCUT2D eigenvalue weighted by molar-refractivity contribution is -0.148. The zero-order chi connectivity index (χ0) is 14.5. The number of benzene rings is 1. The number of ether oxygens (including phenoxy) is 1. The van der Waals surface area contributed by atoms with E-state index in [0.717, 1.165) is 6.54 Å². The molecule has 106 valence electrons. The van der Waals surface area contributed by atoms with E-state index >= 15 is 0 Å². The smallest absolute Gasteiger partial charge is 0.330 e. The SMILES string of the molecule is COC(=O)C(C)(NCCN(C)C)c1ccccc1F. The Morgan fingerprint density at radius 3 is 2.58 bits per heavy atom. The number of hydrogen-bond acceptors (Lipinski definition) is 4. The normalized spacial score (nSPS) is 14.2. The number of nitrogens with one attached hydrogen (secondary N) is 1. The third kappa shape index (κ3) is 3.75. The molecule has 0 aliphatic carbocycles. The van der Waals surface area contributed by atoms with Crippen molar-refractivity contribution in [2.45, 2.75) is 12.5 Å². The van der Waals surface area contributed by atoms with Crippen LogP contribution in [0.3, 0.4) is 0 Å². The molecule has 1 unspecified atom stereocenters. The van der Waals surface area contributed by atoms with Crippen LogP contribution in [0.2, 0.25) is 0 Å². The van der Waals surface area contributed by atoms with Gasteiger partial charge in [-0.2, -0.15) is 0 Å². The van der Waals surface area contributed by atoms with E-state index in [-0.39, 0.29) is 0 Å². The van der Waals surface area contributed by atoms with Crippen LogP contribution in [0.25, 0.3) is 0 Å². The molecule has 1 aromatic rings. The summed E-state index contributed by atoms with van der Waals surface area (Å²) in [6.07, 6.45) is 0. The van der Waals surface area contributed by atoms with Crippen molar-refractivity contribution in [2.24, 2.45) is 0 Å². The number of methoxy groups -OCH3 is 1. The Kier molecular flexibility index (Phi) is 5.44. The van der Waals surface area contributed by atoms with Crippen LogP contribution in [-0.2, 0) is 15.1 Å². The minimum Gasteiger partial charge on any atom is -0.467 e. The zero-order valence-electron chi connectivity index (χ0n) is 11.9. The summed E-state index contributed by atoms with van der Waals surface area (Å²) in [6.45, 7) is 2.92. The number of esters is 1. The van der Waals surface area contributed by atoms with Gasteiger partial charge in [0, 0.05) is 18.7 Å². The van der Waals surface area contributed by atoms with E-state index in [2.05, 4.69) is 5.32 Å². The first-order valence-electron chi connectivity index (χ1n) is 6.15. The van der Waals surface area contributed by atoms with Crippen molar-refractivity contribution in [3.8, 4) is 0 Å². The fourth-order valence-electron chi connectivity index (χ4n) is 1.88. The lowest BCUT2D eigenvalue weighted by atomic mass is 9.91. The van der Waals surface area contributed by atoms with Crippen molar-refractivity contribution in [2.75, 3.05) is 34.3 Å². The largest absolute Gasteiger partial charge is 0.467 e. The number of carbonyl (C=O) groups is 1. The summed E-state index contributed by atoms with van der Waals surface area (Å²) in [6, 6.07) is 6.22. The zero-order valence-corrected chi connectivity index (χ0v) is 11.9. The standard InChI is InChI=1S/C14H21FN2O2/c1-14(13(18)19-4,16-9-10-17(2)3)11-7-5-6-8-12(11)15/h5-8,16H,9-10H2,1-4H3. The summed E-state index contributed by atoms with van der Waals surface area (Å²) in [4.78, 5) is 14.0. The number of likely N-dealkylation sites (N-methyl/N-ethyl adjacent to an activating group) is 1. The van der Waals surface area contributed by atoms with E-state index < -0.39 is 17.3 Å². The Morgan fingerprint density at radius 2 is 2.05 bits per heavy atom. The molecule has 0 radical (unpaired) electrons. The topological polar surface area (TPSA) is 41.6 Å². The minimum atomic E-state index is -1.18. The molecule has 0 heterocycles. The lowest BCUT2D eigenvalue weighted by Gasteiger charge is -2.29. The molecule has 1 rings (SSSR count). The maximum atomic E-state index is 13.9. The summed E-state index contributed by atoms with van der Waals surface area (Å²) in [5.41, 5.74) is -0.892. The Bertz CT molecular complexity index is 437. The van der Waals surface area contributed by atoms with Gasteiger partial charge in [0.1, 0.15) is 11.4 Å². The predicted octanol–water partition coefficient (Wildman–Crippen LogP) is 1.37. The van der Waals surface area contributed by atoms with Gasteiger partial charge in [-0.25, -0.2) is 9.18 Å². The molecule has 1 aromatic carbocycles. The molecule has 19 heavy (non-hydrogen) atoms. The Balaban J connectivity index is 3.00. The van der Waals surface area contributed by atoms with Gasteiger partial charge in [-0.15, -0.1) is 0 Å². The van der Waals surface area contributed by atoms with Crippen molar-refractivity contribution in [3.05, 3.63) is 35.6 Å². The second-order valence-corrected chi connectivity index (χ2v) is 4.83. The van der Waals surface area contributed by atoms with Crippen LogP contribution in [-0.4, -0.2) is 45.2 Å². The number of hydrogen-bond donors (Lipinski definition) is 1. The fourth-order valence-corrected chi connectivity index (χ4v) is 1.88. The summed E-state index contributed by atoms with van der Waals surface area (Å²) >= 11 is 0. The highest BCUT2D eigenvalue weighted by Gasteiger charge is 2.37. The first-order valence-corrected chi connectivity index (χ1v) is 6.15. The molecule has 0 fully saturated rings. The maximum Gasteiger partial charge on any atom is 0.330 e. The van der Waals surface area contributed by atoms with Crippen LogP contribution in [0.4, 0.5) is 4.39 Å². The van der Waals surface area contributed by atoms with Crippen LogP contribution in [0.15, 0.2) is 24.3 Å². The molecular formula is C14H21FN2O2. The Morgan fingerprint density at radius 1 is 1.42 bits per heavy atom. The first kappa shape index (κ1) is 15.6. The Hall–Kier alpha value is -1.46. The van der Waals surface area contributed by atoms with E-state index in [0.29, 0.717) is 12.1 Å². The summed E-state index contributed by atoms with van der Waals surface area (Å²) < 4.78 is 18.7. The molecule has 5 heteroatoms. The van der Waals surface area contributed by atoms with Crippen molar-refractivity contribution in [1.29, 1.82) is 0 Å². The van der Waals surface area contributed by atoms with Gasteiger partial charge in [-0.05, 0) is 27.1 Å². The van der Waals surface area contributed by atoms with Gasteiger partial charge in [0.25, 0.3) is 0 Å². The second-order valence-electron chi connectivity index (χ2n) is 4.83. The van der Waals surface area contributed by atoms with Crippen LogP contribution in [0.5, 0.6) is 0 Å². The van der Waals surface area contributed by atoms with E-state index in [1.807, 2.05) is 19.0 Å².